The van der Waals surface area contributed by atoms with Crippen molar-refractivity contribution in [1.29, 1.82) is 0 Å². The molecule has 0 aromatic carbocycles. The smallest absolute Gasteiger partial charge is 0.300 e. The Balaban J connectivity index is 2.32. The van der Waals surface area contributed by atoms with Crippen LogP contribution in [0.4, 0.5) is 0 Å². The Morgan fingerprint density at radius 2 is 2.00 bits per heavy atom. The number of aromatic nitrogens is 3. The summed E-state index contributed by atoms with van der Waals surface area (Å²) in [5, 5.41) is 2.45. The topological polar surface area (TPSA) is 76.9 Å². The van der Waals surface area contributed by atoms with Gasteiger partial charge in [0.25, 0.3) is 0 Å². The van der Waals surface area contributed by atoms with E-state index in [9.17, 15) is 14.4 Å². The molecule has 1 rings (SSSR count). The van der Waals surface area contributed by atoms with Crippen LogP contribution < -0.4 is 11.4 Å². The summed E-state index contributed by atoms with van der Waals surface area (Å²) in [7, 11) is 1.43. The maximum Gasteiger partial charge on any atom is 0.346 e. The fourth-order valence-corrected chi connectivity index (χ4v) is 1.56. The number of H-pyrrole nitrogens is 1. The predicted octanol–water partition coefficient (Wildman–Crippen LogP) is 0.581. The fraction of sp³-hybridized carbons (Fsp3) is 0.583. The first-order valence-corrected chi connectivity index (χ1v) is 6.02. The molecule has 0 amide bonds. The normalized spacial score (nSPS) is 11.2. The summed E-state index contributed by atoms with van der Waals surface area (Å²) in [6, 6.07) is 0. The monoisotopic (exact) mass is 253 g/mol. The average molecular weight is 253 g/mol. The maximum absolute atomic E-state index is 11.5. The highest BCUT2D eigenvalue weighted by atomic mass is 16.2. The van der Waals surface area contributed by atoms with E-state index in [-0.39, 0.29) is 11.5 Å². The number of Topliss-reactive ketones (excluding diaryl/α,β-unsaturated/α-hetero) is 1. The molecule has 1 heterocycles. The summed E-state index contributed by atoms with van der Waals surface area (Å²) in [6.07, 6.45) is 7.14. The molecule has 0 spiro atoms. The van der Waals surface area contributed by atoms with E-state index in [1.807, 2.05) is 12.2 Å². The number of carbonyl (C=O) groups excluding carboxylic acids is 1. The van der Waals surface area contributed by atoms with Gasteiger partial charge in [-0.3, -0.25) is 0 Å². The molecular weight excluding hydrogens is 234 g/mol. The second-order valence-corrected chi connectivity index (χ2v) is 4.29. The van der Waals surface area contributed by atoms with Gasteiger partial charge in [-0.1, -0.05) is 12.2 Å². The lowest BCUT2D eigenvalue weighted by Crippen LogP contribution is -2.25. The molecule has 6 nitrogen and oxygen atoms in total. The quantitative estimate of drug-likeness (QED) is 0.570. The highest BCUT2D eigenvalue weighted by Gasteiger charge is 2.01. The zero-order valence-electron chi connectivity index (χ0n) is 10.8. The lowest BCUT2D eigenvalue weighted by molar-refractivity contribution is -0.117. The van der Waals surface area contributed by atoms with E-state index < -0.39 is 5.69 Å². The largest absolute Gasteiger partial charge is 0.346 e. The summed E-state index contributed by atoms with van der Waals surface area (Å²) in [4.78, 5) is 33.3. The second kappa shape index (κ2) is 6.78. The minimum absolute atomic E-state index is 0.215. The maximum atomic E-state index is 11.5. The van der Waals surface area contributed by atoms with Crippen molar-refractivity contribution in [3.8, 4) is 0 Å². The molecule has 0 unspecified atom stereocenters. The lowest BCUT2D eigenvalue weighted by atomic mass is 10.1. The Kier molecular flexibility index (Phi) is 5.35. The molecule has 6 heteroatoms. The van der Waals surface area contributed by atoms with E-state index in [0.717, 1.165) is 23.8 Å². The third kappa shape index (κ3) is 4.20. The van der Waals surface area contributed by atoms with Gasteiger partial charge in [0.2, 0.25) is 0 Å². The summed E-state index contributed by atoms with van der Waals surface area (Å²) in [6.45, 7) is 1.95. The summed E-state index contributed by atoms with van der Waals surface area (Å²) >= 11 is 0. The molecule has 0 bridgehead atoms. The van der Waals surface area contributed by atoms with Gasteiger partial charge in [0, 0.05) is 13.5 Å². The van der Waals surface area contributed by atoms with Gasteiger partial charge in [-0.25, -0.2) is 23.9 Å². The summed E-state index contributed by atoms with van der Waals surface area (Å²) in [5.74, 6) is 0.215. The molecule has 0 radical (unpaired) electrons. The number of aromatic amines is 1. The number of carbonyl (C=O) groups is 1. The zero-order chi connectivity index (χ0) is 13.5. The van der Waals surface area contributed by atoms with Crippen LogP contribution in [0.15, 0.2) is 21.7 Å². The van der Waals surface area contributed by atoms with Crippen molar-refractivity contribution in [1.82, 2.24) is 14.3 Å². The van der Waals surface area contributed by atoms with Crippen LogP contribution in [0.5, 0.6) is 0 Å². The van der Waals surface area contributed by atoms with Crippen LogP contribution in [-0.4, -0.2) is 20.1 Å². The summed E-state index contributed by atoms with van der Waals surface area (Å²) in [5.41, 5.74) is -0.754. The Morgan fingerprint density at radius 1 is 1.28 bits per heavy atom. The second-order valence-electron chi connectivity index (χ2n) is 4.29. The molecule has 0 saturated carbocycles. The molecule has 1 aromatic heterocycles. The SMILES string of the molecule is CC(=O)CCCCC=CCn1[nH]c(=O)n(C)c1=O. The lowest BCUT2D eigenvalue weighted by Gasteiger charge is -1.95. The van der Waals surface area contributed by atoms with Gasteiger partial charge < -0.3 is 4.79 Å². The van der Waals surface area contributed by atoms with Crippen molar-refractivity contribution in [3.05, 3.63) is 33.1 Å². The van der Waals surface area contributed by atoms with Gasteiger partial charge >= 0.3 is 11.4 Å². The van der Waals surface area contributed by atoms with Gasteiger partial charge in [-0.2, -0.15) is 0 Å². The number of rotatable bonds is 7. The van der Waals surface area contributed by atoms with Crippen LogP contribution in [0.3, 0.4) is 0 Å². The first kappa shape index (κ1) is 14.2. The molecule has 1 aromatic rings. The van der Waals surface area contributed by atoms with Gasteiger partial charge in [-0.15, -0.1) is 0 Å². The van der Waals surface area contributed by atoms with Crippen LogP contribution in [0, 0.1) is 0 Å². The van der Waals surface area contributed by atoms with E-state index in [0.29, 0.717) is 13.0 Å². The average Bonchev–Trinajstić information content (AvgIpc) is 2.55. The van der Waals surface area contributed by atoms with E-state index >= 15 is 0 Å². The number of hydrogen-bond donors (Lipinski definition) is 1. The Hall–Kier alpha value is -1.85. The first-order chi connectivity index (χ1) is 8.52. The van der Waals surface area contributed by atoms with Gasteiger partial charge in [0.05, 0.1) is 6.54 Å². The Labute approximate surface area is 105 Å². The highest BCUT2D eigenvalue weighted by molar-refractivity contribution is 5.75. The van der Waals surface area contributed by atoms with Crippen LogP contribution in [0.2, 0.25) is 0 Å². The minimum Gasteiger partial charge on any atom is -0.300 e. The molecular formula is C12H19N3O3. The molecule has 0 fully saturated rings. The number of ketones is 1. The Morgan fingerprint density at radius 3 is 2.56 bits per heavy atom. The van der Waals surface area contributed by atoms with Crippen molar-refractivity contribution in [2.24, 2.45) is 7.05 Å². The van der Waals surface area contributed by atoms with Crippen LogP contribution >= 0.6 is 0 Å². The number of hydrogen-bond acceptors (Lipinski definition) is 3. The molecule has 0 aliphatic heterocycles. The van der Waals surface area contributed by atoms with Crippen molar-refractivity contribution in [2.75, 3.05) is 0 Å². The van der Waals surface area contributed by atoms with Crippen molar-refractivity contribution in [2.45, 2.75) is 39.2 Å². The molecule has 1 N–H and O–H groups in total. The third-order valence-electron chi connectivity index (χ3n) is 2.66. The van der Waals surface area contributed by atoms with E-state index in [1.165, 1.54) is 11.7 Å². The molecule has 0 atom stereocenters. The van der Waals surface area contributed by atoms with E-state index in [2.05, 4.69) is 5.10 Å². The van der Waals surface area contributed by atoms with Crippen LogP contribution in [0.25, 0.3) is 0 Å². The number of nitrogens with one attached hydrogen (secondary N) is 1. The molecule has 0 saturated heterocycles. The van der Waals surface area contributed by atoms with Gasteiger partial charge in [0.1, 0.15) is 5.78 Å². The molecule has 100 valence electrons. The minimum atomic E-state index is -0.408. The number of allylic oxidation sites excluding steroid dienone is 2. The van der Waals surface area contributed by atoms with Crippen molar-refractivity contribution < 1.29 is 4.79 Å². The van der Waals surface area contributed by atoms with Gasteiger partial charge in [0.15, 0.2) is 0 Å². The van der Waals surface area contributed by atoms with Crippen molar-refractivity contribution >= 4 is 5.78 Å². The van der Waals surface area contributed by atoms with Gasteiger partial charge in [-0.05, 0) is 26.2 Å². The molecule has 0 aliphatic carbocycles. The van der Waals surface area contributed by atoms with Crippen LogP contribution in [-0.2, 0) is 18.4 Å². The summed E-state index contributed by atoms with van der Waals surface area (Å²) < 4.78 is 2.29. The third-order valence-corrected chi connectivity index (χ3v) is 2.66. The van der Waals surface area contributed by atoms with Crippen molar-refractivity contribution in [3.63, 3.8) is 0 Å². The number of unbranched alkanes of at least 4 members (excludes halogenated alkanes) is 2. The van der Waals surface area contributed by atoms with E-state index in [4.69, 9.17) is 0 Å². The van der Waals surface area contributed by atoms with E-state index in [1.54, 1.807) is 6.92 Å². The fourth-order valence-electron chi connectivity index (χ4n) is 1.56. The standard InChI is InChI=1S/C12H19N3O3/c1-10(16)8-6-4-3-5-7-9-15-12(18)14(2)11(17)13-15/h5,7H,3-4,6,8-9H2,1-2H3,(H,13,17). The first-order valence-electron chi connectivity index (χ1n) is 6.02. The Bertz CT molecular complexity index is 533. The zero-order valence-corrected chi connectivity index (χ0v) is 10.8. The van der Waals surface area contributed by atoms with Crippen LogP contribution in [0.1, 0.15) is 32.6 Å². The molecule has 18 heavy (non-hydrogen) atoms. The molecule has 0 aliphatic rings. The number of nitrogens with zero attached hydrogens (tertiary/aromatic N) is 2. The highest BCUT2D eigenvalue weighted by Crippen LogP contribution is 2.01. The predicted molar refractivity (Wildman–Crippen MR) is 68.6 cm³/mol.